The highest BCUT2D eigenvalue weighted by molar-refractivity contribution is 4.85. The van der Waals surface area contributed by atoms with Gasteiger partial charge >= 0.3 is 0 Å². The molecular weight excluding hydrogens is 186 g/mol. The van der Waals surface area contributed by atoms with Gasteiger partial charge in [0.25, 0.3) is 0 Å². The highest BCUT2D eigenvalue weighted by Crippen LogP contribution is 2.25. The second kappa shape index (κ2) is 5.31. The molecule has 1 rings (SSSR count). The quantitative estimate of drug-likeness (QED) is 0.776. The molecule has 0 radical (unpaired) electrons. The van der Waals surface area contributed by atoms with Crippen LogP contribution >= 0.6 is 0 Å². The maximum Gasteiger partial charge on any atom is 0.0769 e. The standard InChI is InChI=1S/C13H27NO/c1-5-13(15,6-2)10-14-9-11(3)7-8-12(14)4/h11-12,15H,5-10H2,1-4H3. The van der Waals surface area contributed by atoms with Crippen molar-refractivity contribution in [2.75, 3.05) is 13.1 Å². The van der Waals surface area contributed by atoms with Crippen molar-refractivity contribution in [2.45, 2.75) is 65.0 Å². The van der Waals surface area contributed by atoms with Crippen LogP contribution in [0, 0.1) is 5.92 Å². The molecular formula is C13H27NO. The molecule has 0 aliphatic carbocycles. The predicted molar refractivity (Wildman–Crippen MR) is 65.0 cm³/mol. The second-order valence-electron chi connectivity index (χ2n) is 5.39. The molecule has 0 amide bonds. The molecule has 0 spiro atoms. The van der Waals surface area contributed by atoms with E-state index in [0.29, 0.717) is 6.04 Å². The van der Waals surface area contributed by atoms with Gasteiger partial charge in [0.1, 0.15) is 0 Å². The average Bonchev–Trinajstić information content (AvgIpc) is 2.23. The lowest BCUT2D eigenvalue weighted by Crippen LogP contribution is -2.49. The normalized spacial score (nSPS) is 29.4. The van der Waals surface area contributed by atoms with E-state index in [-0.39, 0.29) is 0 Å². The first-order chi connectivity index (χ1) is 7.00. The Morgan fingerprint density at radius 1 is 1.20 bits per heavy atom. The Morgan fingerprint density at radius 3 is 2.33 bits per heavy atom. The smallest absolute Gasteiger partial charge is 0.0769 e. The minimum Gasteiger partial charge on any atom is -0.389 e. The van der Waals surface area contributed by atoms with Gasteiger partial charge in [0.05, 0.1) is 5.60 Å². The van der Waals surface area contributed by atoms with Gasteiger partial charge in [-0.05, 0) is 38.5 Å². The van der Waals surface area contributed by atoms with Crippen molar-refractivity contribution in [1.29, 1.82) is 0 Å². The molecule has 2 nitrogen and oxygen atoms in total. The van der Waals surface area contributed by atoms with Crippen molar-refractivity contribution in [3.8, 4) is 0 Å². The third-order valence-corrected chi connectivity index (χ3v) is 4.06. The summed E-state index contributed by atoms with van der Waals surface area (Å²) >= 11 is 0. The minimum absolute atomic E-state index is 0.467. The first-order valence-corrected chi connectivity index (χ1v) is 6.47. The zero-order valence-corrected chi connectivity index (χ0v) is 10.8. The summed E-state index contributed by atoms with van der Waals surface area (Å²) in [5.74, 6) is 0.791. The lowest BCUT2D eigenvalue weighted by Gasteiger charge is -2.41. The topological polar surface area (TPSA) is 23.5 Å². The summed E-state index contributed by atoms with van der Waals surface area (Å²) in [5, 5.41) is 10.3. The third-order valence-electron chi connectivity index (χ3n) is 4.06. The molecule has 0 saturated carbocycles. The fraction of sp³-hybridized carbons (Fsp3) is 1.00. The van der Waals surface area contributed by atoms with Crippen LogP contribution in [0.2, 0.25) is 0 Å². The Labute approximate surface area is 94.7 Å². The van der Waals surface area contributed by atoms with Crippen LogP contribution in [0.5, 0.6) is 0 Å². The maximum atomic E-state index is 10.3. The molecule has 1 aliphatic heterocycles. The molecule has 15 heavy (non-hydrogen) atoms. The molecule has 1 heterocycles. The van der Waals surface area contributed by atoms with Crippen molar-refractivity contribution in [3.05, 3.63) is 0 Å². The predicted octanol–water partition coefficient (Wildman–Crippen LogP) is 2.66. The number of nitrogens with zero attached hydrogens (tertiary/aromatic N) is 1. The van der Waals surface area contributed by atoms with E-state index in [1.165, 1.54) is 12.8 Å². The third kappa shape index (κ3) is 3.46. The van der Waals surface area contributed by atoms with E-state index >= 15 is 0 Å². The Hall–Kier alpha value is -0.0800. The number of aliphatic hydroxyl groups is 1. The number of rotatable bonds is 4. The van der Waals surface area contributed by atoms with Crippen molar-refractivity contribution >= 4 is 0 Å². The molecule has 1 fully saturated rings. The van der Waals surface area contributed by atoms with E-state index in [4.69, 9.17) is 0 Å². The summed E-state index contributed by atoms with van der Waals surface area (Å²) in [7, 11) is 0. The lowest BCUT2D eigenvalue weighted by atomic mass is 9.91. The van der Waals surface area contributed by atoms with E-state index in [0.717, 1.165) is 31.8 Å². The van der Waals surface area contributed by atoms with Crippen LogP contribution in [0.15, 0.2) is 0 Å². The van der Waals surface area contributed by atoms with E-state index in [1.54, 1.807) is 0 Å². The van der Waals surface area contributed by atoms with Crippen molar-refractivity contribution in [2.24, 2.45) is 5.92 Å². The van der Waals surface area contributed by atoms with Gasteiger partial charge in [-0.3, -0.25) is 4.90 Å². The highest BCUT2D eigenvalue weighted by atomic mass is 16.3. The lowest BCUT2D eigenvalue weighted by molar-refractivity contribution is -0.0265. The Morgan fingerprint density at radius 2 is 1.80 bits per heavy atom. The Bertz CT molecular complexity index is 189. The number of hydrogen-bond donors (Lipinski definition) is 1. The van der Waals surface area contributed by atoms with Crippen LogP contribution in [0.4, 0.5) is 0 Å². The van der Waals surface area contributed by atoms with Gasteiger partial charge in [0, 0.05) is 19.1 Å². The van der Waals surface area contributed by atoms with E-state index in [2.05, 4.69) is 32.6 Å². The SMILES string of the molecule is CCC(O)(CC)CN1CC(C)CCC1C. The van der Waals surface area contributed by atoms with E-state index < -0.39 is 5.60 Å². The van der Waals surface area contributed by atoms with Crippen molar-refractivity contribution in [1.82, 2.24) is 4.90 Å². The van der Waals surface area contributed by atoms with E-state index in [1.807, 2.05) is 0 Å². The molecule has 90 valence electrons. The van der Waals surface area contributed by atoms with Gasteiger partial charge < -0.3 is 5.11 Å². The van der Waals surface area contributed by atoms with Gasteiger partial charge in [-0.2, -0.15) is 0 Å². The summed E-state index contributed by atoms with van der Waals surface area (Å²) in [6, 6.07) is 0.644. The van der Waals surface area contributed by atoms with Crippen LogP contribution in [0.25, 0.3) is 0 Å². The number of likely N-dealkylation sites (tertiary alicyclic amines) is 1. The molecule has 2 atom stereocenters. The molecule has 2 heteroatoms. The number of piperidine rings is 1. The first kappa shape index (κ1) is 13.0. The Balaban J connectivity index is 2.54. The summed E-state index contributed by atoms with van der Waals surface area (Å²) in [6.45, 7) is 10.8. The van der Waals surface area contributed by atoms with E-state index in [9.17, 15) is 5.11 Å². The summed E-state index contributed by atoms with van der Waals surface area (Å²) in [4.78, 5) is 2.47. The number of β-amino-alcohol motifs (C(OH)–C–C–N with tert-alkyl or cyclic N) is 1. The molecule has 2 unspecified atom stereocenters. The largest absolute Gasteiger partial charge is 0.389 e. The van der Waals surface area contributed by atoms with Crippen LogP contribution in [-0.2, 0) is 0 Å². The van der Waals surface area contributed by atoms with Gasteiger partial charge in [-0.15, -0.1) is 0 Å². The number of hydrogen-bond acceptors (Lipinski definition) is 2. The van der Waals surface area contributed by atoms with Gasteiger partial charge in [0.2, 0.25) is 0 Å². The summed E-state index contributed by atoms with van der Waals surface area (Å²) in [6.07, 6.45) is 4.35. The summed E-state index contributed by atoms with van der Waals surface area (Å²) < 4.78 is 0. The van der Waals surface area contributed by atoms with Crippen LogP contribution in [-0.4, -0.2) is 34.7 Å². The molecule has 0 aromatic heterocycles. The van der Waals surface area contributed by atoms with Crippen LogP contribution < -0.4 is 0 Å². The molecule has 1 saturated heterocycles. The minimum atomic E-state index is -0.467. The Kier molecular flexibility index (Phi) is 4.60. The van der Waals surface area contributed by atoms with Crippen LogP contribution in [0.3, 0.4) is 0 Å². The zero-order chi connectivity index (χ0) is 11.5. The molecule has 0 aromatic carbocycles. The fourth-order valence-electron chi connectivity index (χ4n) is 2.45. The van der Waals surface area contributed by atoms with Crippen molar-refractivity contribution < 1.29 is 5.11 Å². The van der Waals surface area contributed by atoms with Gasteiger partial charge in [-0.1, -0.05) is 20.8 Å². The van der Waals surface area contributed by atoms with Crippen molar-refractivity contribution in [3.63, 3.8) is 0 Å². The van der Waals surface area contributed by atoms with Gasteiger partial charge in [-0.25, -0.2) is 0 Å². The fourth-order valence-corrected chi connectivity index (χ4v) is 2.45. The van der Waals surface area contributed by atoms with Gasteiger partial charge in [0.15, 0.2) is 0 Å². The molecule has 0 aromatic rings. The zero-order valence-electron chi connectivity index (χ0n) is 10.8. The molecule has 1 aliphatic rings. The molecule has 0 bridgehead atoms. The average molecular weight is 213 g/mol. The molecule has 1 N–H and O–H groups in total. The second-order valence-corrected chi connectivity index (χ2v) is 5.39. The highest BCUT2D eigenvalue weighted by Gasteiger charge is 2.30. The summed E-state index contributed by atoms with van der Waals surface area (Å²) in [5.41, 5.74) is -0.467. The first-order valence-electron chi connectivity index (χ1n) is 6.47. The maximum absolute atomic E-state index is 10.3. The monoisotopic (exact) mass is 213 g/mol. The van der Waals surface area contributed by atoms with Crippen LogP contribution in [0.1, 0.15) is 53.4 Å².